The van der Waals surface area contributed by atoms with Gasteiger partial charge in [-0.2, -0.15) is 0 Å². The number of halogens is 2. The fourth-order valence-electron chi connectivity index (χ4n) is 1.49. The van der Waals surface area contributed by atoms with Gasteiger partial charge in [-0.1, -0.05) is 25.4 Å². The molecule has 0 atom stereocenters. The molecule has 96 valence electrons. The van der Waals surface area contributed by atoms with Crippen LogP contribution in [-0.2, 0) is 0 Å². The number of nitrogens with zero attached hydrogens (tertiary/aromatic N) is 1. The molecule has 0 aliphatic carbocycles. The van der Waals surface area contributed by atoms with Crippen molar-refractivity contribution in [1.82, 2.24) is 4.90 Å². The summed E-state index contributed by atoms with van der Waals surface area (Å²) < 4.78 is 13.3. The van der Waals surface area contributed by atoms with Gasteiger partial charge in [0.15, 0.2) is 0 Å². The van der Waals surface area contributed by atoms with Gasteiger partial charge in [-0.3, -0.25) is 0 Å². The van der Waals surface area contributed by atoms with Crippen LogP contribution in [0.4, 0.5) is 10.1 Å². The SMILES string of the molecule is CCN(CC)CCSc1cc(F)c(Cl)cc1N. The zero-order chi connectivity index (χ0) is 12.8. The average molecular weight is 277 g/mol. The van der Waals surface area contributed by atoms with Gasteiger partial charge in [0.25, 0.3) is 0 Å². The van der Waals surface area contributed by atoms with E-state index < -0.39 is 5.82 Å². The summed E-state index contributed by atoms with van der Waals surface area (Å²) in [6.07, 6.45) is 0. The summed E-state index contributed by atoms with van der Waals surface area (Å²) in [5, 5.41) is 0.0793. The Morgan fingerprint density at radius 2 is 2.00 bits per heavy atom. The van der Waals surface area contributed by atoms with E-state index in [0.717, 1.165) is 30.3 Å². The lowest BCUT2D eigenvalue weighted by Crippen LogP contribution is -2.25. The first-order valence-electron chi connectivity index (χ1n) is 5.68. The molecule has 0 bridgehead atoms. The summed E-state index contributed by atoms with van der Waals surface area (Å²) in [6.45, 7) is 7.29. The number of thioether (sulfide) groups is 1. The number of benzene rings is 1. The van der Waals surface area contributed by atoms with Gasteiger partial charge in [0.1, 0.15) is 5.82 Å². The second kappa shape index (κ2) is 7.09. The highest BCUT2D eigenvalue weighted by Gasteiger charge is 2.07. The molecule has 0 aromatic heterocycles. The van der Waals surface area contributed by atoms with E-state index in [9.17, 15) is 4.39 Å². The molecule has 0 saturated carbocycles. The molecule has 0 aliphatic rings. The number of anilines is 1. The van der Waals surface area contributed by atoms with Crippen LogP contribution in [0.1, 0.15) is 13.8 Å². The van der Waals surface area contributed by atoms with Crippen LogP contribution in [0.15, 0.2) is 17.0 Å². The van der Waals surface area contributed by atoms with Gasteiger partial charge in [-0.05, 0) is 25.2 Å². The van der Waals surface area contributed by atoms with Crippen LogP contribution in [0.5, 0.6) is 0 Å². The van der Waals surface area contributed by atoms with Crippen LogP contribution in [0.2, 0.25) is 5.02 Å². The second-order valence-electron chi connectivity index (χ2n) is 3.68. The van der Waals surface area contributed by atoms with Crippen LogP contribution in [0.25, 0.3) is 0 Å². The van der Waals surface area contributed by atoms with Crippen LogP contribution < -0.4 is 5.73 Å². The van der Waals surface area contributed by atoms with E-state index in [4.69, 9.17) is 17.3 Å². The van der Waals surface area contributed by atoms with Crippen LogP contribution in [0.3, 0.4) is 0 Å². The maximum atomic E-state index is 13.3. The van der Waals surface area contributed by atoms with Crippen LogP contribution >= 0.6 is 23.4 Å². The molecule has 1 aromatic carbocycles. The number of nitrogen functional groups attached to an aromatic ring is 1. The smallest absolute Gasteiger partial charge is 0.143 e. The highest BCUT2D eigenvalue weighted by molar-refractivity contribution is 7.99. The van der Waals surface area contributed by atoms with Crippen molar-refractivity contribution >= 4 is 29.1 Å². The predicted octanol–water partition coefficient (Wildman–Crippen LogP) is 3.50. The first-order valence-corrected chi connectivity index (χ1v) is 7.04. The lowest BCUT2D eigenvalue weighted by Gasteiger charge is -2.17. The number of nitrogens with two attached hydrogens (primary N) is 1. The first kappa shape index (κ1) is 14.6. The van der Waals surface area contributed by atoms with E-state index in [-0.39, 0.29) is 5.02 Å². The third-order valence-electron chi connectivity index (χ3n) is 2.61. The maximum absolute atomic E-state index is 13.3. The predicted molar refractivity (Wildman–Crippen MR) is 74.3 cm³/mol. The first-order chi connectivity index (χ1) is 8.08. The zero-order valence-corrected chi connectivity index (χ0v) is 11.7. The third kappa shape index (κ3) is 4.37. The van der Waals surface area contributed by atoms with Crippen molar-refractivity contribution in [3.8, 4) is 0 Å². The van der Waals surface area contributed by atoms with E-state index in [1.807, 2.05) is 0 Å². The molecule has 1 rings (SSSR count). The second-order valence-corrected chi connectivity index (χ2v) is 5.22. The van der Waals surface area contributed by atoms with Gasteiger partial charge in [0.05, 0.1) is 5.02 Å². The van der Waals surface area contributed by atoms with Crippen molar-refractivity contribution in [2.45, 2.75) is 18.7 Å². The minimum atomic E-state index is -0.411. The summed E-state index contributed by atoms with van der Waals surface area (Å²) in [4.78, 5) is 3.08. The molecule has 17 heavy (non-hydrogen) atoms. The highest BCUT2D eigenvalue weighted by Crippen LogP contribution is 2.29. The van der Waals surface area contributed by atoms with E-state index in [0.29, 0.717) is 5.69 Å². The summed E-state index contributed by atoms with van der Waals surface area (Å²) in [5.74, 6) is 0.485. The van der Waals surface area contributed by atoms with Crippen LogP contribution in [-0.4, -0.2) is 30.3 Å². The van der Waals surface area contributed by atoms with Gasteiger partial charge in [0, 0.05) is 22.9 Å². The van der Waals surface area contributed by atoms with Crippen molar-refractivity contribution in [2.24, 2.45) is 0 Å². The number of hydrogen-bond donors (Lipinski definition) is 1. The fourth-order valence-corrected chi connectivity index (χ4v) is 2.65. The standard InChI is InChI=1S/C12H18ClFN2S/c1-3-16(4-2)5-6-17-12-8-10(14)9(13)7-11(12)15/h7-8H,3-6,15H2,1-2H3. The monoisotopic (exact) mass is 276 g/mol. The van der Waals surface area contributed by atoms with Crippen molar-refractivity contribution in [3.63, 3.8) is 0 Å². The molecule has 0 unspecified atom stereocenters. The van der Waals surface area contributed by atoms with Gasteiger partial charge < -0.3 is 10.6 Å². The molecule has 0 saturated heterocycles. The minimum absolute atomic E-state index is 0.0793. The Kier molecular flexibility index (Phi) is 6.09. The largest absolute Gasteiger partial charge is 0.398 e. The van der Waals surface area contributed by atoms with Gasteiger partial charge in [-0.15, -0.1) is 11.8 Å². The Morgan fingerprint density at radius 1 is 1.35 bits per heavy atom. The van der Waals surface area contributed by atoms with E-state index in [1.54, 1.807) is 11.8 Å². The number of rotatable bonds is 6. The van der Waals surface area contributed by atoms with E-state index in [1.165, 1.54) is 12.1 Å². The molecule has 0 fully saturated rings. The van der Waals surface area contributed by atoms with Crippen molar-refractivity contribution in [1.29, 1.82) is 0 Å². The third-order valence-corrected chi connectivity index (χ3v) is 3.95. The topological polar surface area (TPSA) is 29.3 Å². The van der Waals surface area contributed by atoms with Crippen molar-refractivity contribution < 1.29 is 4.39 Å². The lowest BCUT2D eigenvalue weighted by molar-refractivity contribution is 0.324. The minimum Gasteiger partial charge on any atom is -0.398 e. The van der Waals surface area contributed by atoms with Crippen molar-refractivity contribution in [2.75, 3.05) is 31.1 Å². The molecule has 0 amide bonds. The molecule has 0 radical (unpaired) electrons. The summed E-state index contributed by atoms with van der Waals surface area (Å²) in [6, 6.07) is 2.88. The normalized spacial score (nSPS) is 11.1. The highest BCUT2D eigenvalue weighted by atomic mass is 35.5. The van der Waals surface area contributed by atoms with E-state index in [2.05, 4.69) is 18.7 Å². The Hall–Kier alpha value is -0.450. The van der Waals surface area contributed by atoms with E-state index >= 15 is 0 Å². The summed E-state index contributed by atoms with van der Waals surface area (Å²) in [5.41, 5.74) is 6.33. The van der Waals surface area contributed by atoms with Gasteiger partial charge in [-0.25, -0.2) is 4.39 Å². The molecule has 2 nitrogen and oxygen atoms in total. The molecule has 5 heteroatoms. The molecule has 0 spiro atoms. The Morgan fingerprint density at radius 3 is 2.59 bits per heavy atom. The zero-order valence-electron chi connectivity index (χ0n) is 10.2. The Balaban J connectivity index is 2.55. The Bertz CT molecular complexity index is 370. The number of hydrogen-bond acceptors (Lipinski definition) is 3. The van der Waals surface area contributed by atoms with Gasteiger partial charge >= 0.3 is 0 Å². The average Bonchev–Trinajstić information content (AvgIpc) is 2.31. The molecule has 2 N–H and O–H groups in total. The summed E-state index contributed by atoms with van der Waals surface area (Å²) in [7, 11) is 0. The molecule has 1 aromatic rings. The quantitative estimate of drug-likeness (QED) is 0.637. The molecular weight excluding hydrogens is 259 g/mol. The Labute approximate surface area is 111 Å². The fraction of sp³-hybridized carbons (Fsp3) is 0.500. The summed E-state index contributed by atoms with van der Waals surface area (Å²) >= 11 is 7.21. The lowest BCUT2D eigenvalue weighted by atomic mass is 10.3. The molecular formula is C12H18ClFN2S. The van der Waals surface area contributed by atoms with Gasteiger partial charge in [0.2, 0.25) is 0 Å². The molecule has 0 heterocycles. The molecule has 0 aliphatic heterocycles. The maximum Gasteiger partial charge on any atom is 0.143 e. The van der Waals surface area contributed by atoms with Crippen molar-refractivity contribution in [3.05, 3.63) is 23.0 Å². The van der Waals surface area contributed by atoms with Crippen LogP contribution in [0, 0.1) is 5.82 Å².